The van der Waals surface area contributed by atoms with E-state index in [1.165, 1.54) is 13.8 Å². The van der Waals surface area contributed by atoms with Crippen molar-refractivity contribution in [3.63, 3.8) is 0 Å². The molecule has 0 rings (SSSR count). The smallest absolute Gasteiger partial charge is 0.324 e. The highest BCUT2D eigenvalue weighted by atomic mass is 16.4. The van der Waals surface area contributed by atoms with Crippen LogP contribution in [0.5, 0.6) is 0 Å². The minimum absolute atomic E-state index is 0.0251. The normalized spacial score (nSPS) is 11.5. The SMILES string of the molecule is CC(C)(NNCCO)C(=O)O. The first kappa shape index (κ1) is 10.3. The second kappa shape index (κ2) is 4.27. The Labute approximate surface area is 65.4 Å². The number of carboxylic acids is 1. The van der Waals surface area contributed by atoms with Crippen LogP contribution < -0.4 is 10.9 Å². The van der Waals surface area contributed by atoms with Crippen LogP contribution in [0.4, 0.5) is 0 Å². The number of aliphatic carboxylic acids is 1. The van der Waals surface area contributed by atoms with Gasteiger partial charge in [0.15, 0.2) is 0 Å². The quantitative estimate of drug-likeness (QED) is 0.306. The average molecular weight is 162 g/mol. The second-order valence-electron chi connectivity index (χ2n) is 2.71. The maximum Gasteiger partial charge on any atom is 0.324 e. The highest BCUT2D eigenvalue weighted by molar-refractivity contribution is 5.77. The summed E-state index contributed by atoms with van der Waals surface area (Å²) in [5, 5.41) is 16.9. The number of aliphatic hydroxyl groups excluding tert-OH is 1. The Hall–Kier alpha value is -0.650. The number of aliphatic hydroxyl groups is 1. The van der Waals surface area contributed by atoms with Gasteiger partial charge in [0.2, 0.25) is 0 Å². The third-order valence-corrected chi connectivity index (χ3v) is 1.17. The summed E-state index contributed by atoms with van der Waals surface area (Å²) < 4.78 is 0. The number of hydrogen-bond donors (Lipinski definition) is 4. The van der Waals surface area contributed by atoms with Crippen molar-refractivity contribution in [2.24, 2.45) is 0 Å². The Kier molecular flexibility index (Phi) is 4.02. The van der Waals surface area contributed by atoms with Crippen LogP contribution in [0.3, 0.4) is 0 Å². The Bertz CT molecular complexity index is 136. The van der Waals surface area contributed by atoms with Crippen LogP contribution in [0.25, 0.3) is 0 Å². The molecular weight excluding hydrogens is 148 g/mol. The van der Waals surface area contributed by atoms with Gasteiger partial charge in [0.05, 0.1) is 6.61 Å². The number of hydrogen-bond acceptors (Lipinski definition) is 4. The number of hydrazine groups is 1. The summed E-state index contributed by atoms with van der Waals surface area (Å²) in [5.74, 6) is -0.942. The Morgan fingerprint density at radius 3 is 2.45 bits per heavy atom. The van der Waals surface area contributed by atoms with Gasteiger partial charge in [-0.05, 0) is 13.8 Å². The number of rotatable bonds is 5. The van der Waals surface area contributed by atoms with Crippen LogP contribution in [0.2, 0.25) is 0 Å². The molecule has 0 aliphatic rings. The van der Waals surface area contributed by atoms with Crippen molar-refractivity contribution in [2.45, 2.75) is 19.4 Å². The highest BCUT2D eigenvalue weighted by Crippen LogP contribution is 1.98. The van der Waals surface area contributed by atoms with Crippen LogP contribution in [-0.2, 0) is 4.79 Å². The molecule has 0 saturated heterocycles. The summed E-state index contributed by atoms with van der Waals surface area (Å²) in [4.78, 5) is 10.5. The predicted molar refractivity (Wildman–Crippen MR) is 39.9 cm³/mol. The van der Waals surface area contributed by atoms with Gasteiger partial charge in [0, 0.05) is 6.54 Å². The molecule has 11 heavy (non-hydrogen) atoms. The monoisotopic (exact) mass is 162 g/mol. The lowest BCUT2D eigenvalue weighted by atomic mass is 10.1. The lowest BCUT2D eigenvalue weighted by Gasteiger charge is -2.20. The molecule has 0 bridgehead atoms. The van der Waals surface area contributed by atoms with Gasteiger partial charge in [-0.3, -0.25) is 10.2 Å². The first-order valence-corrected chi connectivity index (χ1v) is 3.35. The van der Waals surface area contributed by atoms with Crippen LogP contribution in [-0.4, -0.2) is 34.9 Å². The first-order chi connectivity index (χ1) is 5.00. The molecule has 4 N–H and O–H groups in total. The van der Waals surface area contributed by atoms with Gasteiger partial charge in [-0.25, -0.2) is 5.43 Å². The standard InChI is InChI=1S/C6H14N2O3/c1-6(2,5(10)11)8-7-3-4-9/h7-9H,3-4H2,1-2H3,(H,10,11). The van der Waals surface area contributed by atoms with Crippen molar-refractivity contribution in [3.8, 4) is 0 Å². The van der Waals surface area contributed by atoms with Gasteiger partial charge in [0.25, 0.3) is 0 Å². The van der Waals surface area contributed by atoms with E-state index in [4.69, 9.17) is 10.2 Å². The van der Waals surface area contributed by atoms with Gasteiger partial charge in [-0.15, -0.1) is 0 Å². The van der Waals surface area contributed by atoms with Crippen molar-refractivity contribution in [3.05, 3.63) is 0 Å². The van der Waals surface area contributed by atoms with Crippen LogP contribution in [0, 0.1) is 0 Å². The number of carbonyl (C=O) groups is 1. The van der Waals surface area contributed by atoms with E-state index in [-0.39, 0.29) is 6.61 Å². The number of nitrogens with one attached hydrogen (secondary N) is 2. The molecule has 0 saturated carbocycles. The van der Waals surface area contributed by atoms with Gasteiger partial charge < -0.3 is 10.2 Å². The average Bonchev–Trinajstić information content (AvgIpc) is 1.88. The Balaban J connectivity index is 3.64. The predicted octanol–water partition coefficient (Wildman–Crippen LogP) is -1.06. The van der Waals surface area contributed by atoms with E-state index in [9.17, 15) is 4.79 Å². The zero-order chi connectivity index (χ0) is 8.91. The molecule has 0 heterocycles. The molecule has 0 atom stereocenters. The zero-order valence-corrected chi connectivity index (χ0v) is 6.72. The molecular formula is C6H14N2O3. The highest BCUT2D eigenvalue weighted by Gasteiger charge is 2.25. The third-order valence-electron chi connectivity index (χ3n) is 1.17. The summed E-state index contributed by atoms with van der Waals surface area (Å²) in [6, 6.07) is 0. The van der Waals surface area contributed by atoms with Crippen molar-refractivity contribution >= 4 is 5.97 Å². The molecule has 0 spiro atoms. The molecule has 66 valence electrons. The molecule has 0 unspecified atom stereocenters. The summed E-state index contributed by atoms with van der Waals surface area (Å²) in [6.07, 6.45) is 0. The van der Waals surface area contributed by atoms with Gasteiger partial charge in [0.1, 0.15) is 5.54 Å². The van der Waals surface area contributed by atoms with E-state index >= 15 is 0 Å². The molecule has 0 aliphatic heterocycles. The van der Waals surface area contributed by atoms with Crippen molar-refractivity contribution < 1.29 is 15.0 Å². The molecule has 0 radical (unpaired) electrons. The fraction of sp³-hybridized carbons (Fsp3) is 0.833. The topological polar surface area (TPSA) is 81.6 Å². The maximum absolute atomic E-state index is 10.5. The fourth-order valence-corrected chi connectivity index (χ4v) is 0.393. The minimum atomic E-state index is -1.00. The summed E-state index contributed by atoms with van der Waals surface area (Å²) in [7, 11) is 0. The molecule has 0 amide bonds. The lowest BCUT2D eigenvalue weighted by molar-refractivity contribution is -0.143. The molecule has 0 aromatic heterocycles. The zero-order valence-electron chi connectivity index (χ0n) is 6.72. The molecule has 0 fully saturated rings. The molecule has 0 aliphatic carbocycles. The fourth-order valence-electron chi connectivity index (χ4n) is 0.393. The van der Waals surface area contributed by atoms with E-state index in [0.29, 0.717) is 6.54 Å². The van der Waals surface area contributed by atoms with Crippen molar-refractivity contribution in [2.75, 3.05) is 13.2 Å². The molecule has 0 aromatic rings. The van der Waals surface area contributed by atoms with E-state index in [1.54, 1.807) is 0 Å². The van der Waals surface area contributed by atoms with E-state index in [1.807, 2.05) is 0 Å². The largest absolute Gasteiger partial charge is 0.480 e. The van der Waals surface area contributed by atoms with Gasteiger partial charge in [-0.1, -0.05) is 0 Å². The van der Waals surface area contributed by atoms with Crippen LogP contribution >= 0.6 is 0 Å². The van der Waals surface area contributed by atoms with E-state index in [2.05, 4.69) is 10.9 Å². The second-order valence-corrected chi connectivity index (χ2v) is 2.71. The lowest BCUT2D eigenvalue weighted by Crippen LogP contribution is -2.54. The number of carboxylic acid groups (broad SMARTS) is 1. The van der Waals surface area contributed by atoms with Gasteiger partial charge in [-0.2, -0.15) is 0 Å². The van der Waals surface area contributed by atoms with Gasteiger partial charge >= 0.3 is 5.97 Å². The summed E-state index contributed by atoms with van der Waals surface area (Å²) >= 11 is 0. The van der Waals surface area contributed by atoms with Crippen LogP contribution in [0.15, 0.2) is 0 Å². The molecule has 5 heteroatoms. The van der Waals surface area contributed by atoms with Crippen molar-refractivity contribution in [1.29, 1.82) is 0 Å². The maximum atomic E-state index is 10.5. The molecule has 0 aromatic carbocycles. The Morgan fingerprint density at radius 2 is 2.09 bits per heavy atom. The third kappa shape index (κ3) is 3.92. The molecule has 5 nitrogen and oxygen atoms in total. The van der Waals surface area contributed by atoms with Crippen molar-refractivity contribution in [1.82, 2.24) is 10.9 Å². The van der Waals surface area contributed by atoms with E-state index < -0.39 is 11.5 Å². The van der Waals surface area contributed by atoms with Crippen LogP contribution in [0.1, 0.15) is 13.8 Å². The Morgan fingerprint density at radius 1 is 1.55 bits per heavy atom. The first-order valence-electron chi connectivity index (χ1n) is 3.35. The minimum Gasteiger partial charge on any atom is -0.480 e. The summed E-state index contributed by atoms with van der Waals surface area (Å²) in [6.45, 7) is 3.36. The summed E-state index contributed by atoms with van der Waals surface area (Å²) in [5.41, 5.74) is 4.12. The van der Waals surface area contributed by atoms with E-state index in [0.717, 1.165) is 0 Å².